The van der Waals surface area contributed by atoms with Crippen LogP contribution in [0.2, 0.25) is 0 Å². The molecule has 0 aromatic heterocycles. The van der Waals surface area contributed by atoms with Crippen molar-refractivity contribution in [2.24, 2.45) is 0 Å². The van der Waals surface area contributed by atoms with Crippen LogP contribution in [0.5, 0.6) is 0 Å². The van der Waals surface area contributed by atoms with E-state index in [9.17, 15) is 4.79 Å². The van der Waals surface area contributed by atoms with Gasteiger partial charge in [0.1, 0.15) is 0 Å². The molecule has 0 aromatic rings. The van der Waals surface area contributed by atoms with Gasteiger partial charge in [0.05, 0.1) is 0 Å². The van der Waals surface area contributed by atoms with Gasteiger partial charge in [-0.3, -0.25) is 4.79 Å². The van der Waals surface area contributed by atoms with E-state index >= 15 is 0 Å². The molecule has 0 aliphatic carbocycles. The van der Waals surface area contributed by atoms with Crippen LogP contribution in [0.1, 0.15) is 19.8 Å². The van der Waals surface area contributed by atoms with E-state index < -0.39 is 0 Å². The third-order valence-electron chi connectivity index (χ3n) is 1.60. The summed E-state index contributed by atoms with van der Waals surface area (Å²) in [4.78, 5) is 11.1. The van der Waals surface area contributed by atoms with Gasteiger partial charge in [-0.15, -0.1) is 0 Å². The van der Waals surface area contributed by atoms with Gasteiger partial charge in [0.25, 0.3) is 0 Å². The molecule has 2 N–H and O–H groups in total. The van der Waals surface area contributed by atoms with E-state index in [-0.39, 0.29) is 5.91 Å². The molecule has 0 aromatic carbocycles. The van der Waals surface area contributed by atoms with E-state index in [4.69, 9.17) is 0 Å². The van der Waals surface area contributed by atoms with E-state index in [0.29, 0.717) is 6.42 Å². The highest BCUT2D eigenvalue weighted by Gasteiger charge is 1.98. The molecule has 3 nitrogen and oxygen atoms in total. The van der Waals surface area contributed by atoms with Crippen LogP contribution < -0.4 is 10.6 Å². The fourth-order valence-electron chi connectivity index (χ4n) is 0.891. The average Bonchev–Trinajstić information content (AvgIpc) is 2.13. The molecule has 0 aliphatic rings. The van der Waals surface area contributed by atoms with E-state index in [1.54, 1.807) is 11.8 Å². The monoisotopic (exact) mass is 204 g/mol. The number of hydrogen-bond donors (Lipinski definition) is 2. The lowest BCUT2D eigenvalue weighted by molar-refractivity contribution is -0.120. The quantitative estimate of drug-likeness (QED) is 0.576. The summed E-state index contributed by atoms with van der Waals surface area (Å²) < 4.78 is 0. The van der Waals surface area contributed by atoms with Crippen LogP contribution in [0.3, 0.4) is 0 Å². The van der Waals surface area contributed by atoms with Gasteiger partial charge in [-0.05, 0) is 25.8 Å². The largest absolute Gasteiger partial charge is 0.356 e. The number of rotatable bonds is 8. The molecule has 0 heterocycles. The molecule has 0 saturated carbocycles. The molecular formula is C9H20N2OS. The van der Waals surface area contributed by atoms with Crippen molar-refractivity contribution in [3.63, 3.8) is 0 Å². The summed E-state index contributed by atoms with van der Waals surface area (Å²) >= 11 is 1.81. The standard InChI is InChI=1S/C9H20N2OS/c1-3-13-8-5-9(12)11-7-4-6-10-2/h10H,3-8H2,1-2H3,(H,11,12). The summed E-state index contributed by atoms with van der Waals surface area (Å²) in [5.41, 5.74) is 0. The number of amides is 1. The molecule has 78 valence electrons. The molecule has 0 aliphatic heterocycles. The summed E-state index contributed by atoms with van der Waals surface area (Å²) in [5.74, 6) is 2.21. The van der Waals surface area contributed by atoms with Gasteiger partial charge in [-0.2, -0.15) is 11.8 Å². The first-order valence-corrected chi connectivity index (χ1v) is 5.95. The second kappa shape index (κ2) is 9.86. The maximum Gasteiger partial charge on any atom is 0.220 e. The van der Waals surface area contributed by atoms with Crippen LogP contribution in [0, 0.1) is 0 Å². The van der Waals surface area contributed by atoms with Crippen molar-refractivity contribution in [2.75, 3.05) is 31.6 Å². The summed E-state index contributed by atoms with van der Waals surface area (Å²) in [6.45, 7) is 3.86. The van der Waals surface area contributed by atoms with Gasteiger partial charge >= 0.3 is 0 Å². The Bertz CT molecular complexity index is 131. The van der Waals surface area contributed by atoms with E-state index in [1.807, 2.05) is 7.05 Å². The molecule has 0 rings (SSSR count). The molecule has 0 radical (unpaired) electrons. The number of nitrogens with one attached hydrogen (secondary N) is 2. The molecule has 0 atom stereocenters. The van der Waals surface area contributed by atoms with Crippen LogP contribution in [0.25, 0.3) is 0 Å². The van der Waals surface area contributed by atoms with Crippen LogP contribution in [-0.4, -0.2) is 37.6 Å². The number of thioether (sulfide) groups is 1. The first-order chi connectivity index (χ1) is 6.31. The van der Waals surface area contributed by atoms with Gasteiger partial charge in [-0.1, -0.05) is 6.92 Å². The predicted molar refractivity (Wildman–Crippen MR) is 59.2 cm³/mol. The summed E-state index contributed by atoms with van der Waals surface area (Å²) in [6.07, 6.45) is 1.65. The van der Waals surface area contributed by atoms with Gasteiger partial charge in [-0.25, -0.2) is 0 Å². The van der Waals surface area contributed by atoms with Crippen molar-refractivity contribution < 1.29 is 4.79 Å². The van der Waals surface area contributed by atoms with E-state index in [1.165, 1.54) is 0 Å². The number of carbonyl (C=O) groups excluding carboxylic acids is 1. The molecule has 0 unspecified atom stereocenters. The lowest BCUT2D eigenvalue weighted by Gasteiger charge is -2.03. The third kappa shape index (κ3) is 9.70. The third-order valence-corrected chi connectivity index (χ3v) is 2.50. The van der Waals surface area contributed by atoms with Crippen LogP contribution in [-0.2, 0) is 4.79 Å². The Hall–Kier alpha value is -0.220. The highest BCUT2D eigenvalue weighted by molar-refractivity contribution is 7.99. The Morgan fingerprint density at radius 1 is 1.38 bits per heavy atom. The topological polar surface area (TPSA) is 41.1 Å². The fraction of sp³-hybridized carbons (Fsp3) is 0.889. The average molecular weight is 204 g/mol. The Labute approximate surface area is 85.0 Å². The molecule has 4 heteroatoms. The summed E-state index contributed by atoms with van der Waals surface area (Å²) in [6, 6.07) is 0. The minimum Gasteiger partial charge on any atom is -0.356 e. The zero-order valence-electron chi connectivity index (χ0n) is 8.56. The van der Waals surface area contributed by atoms with Gasteiger partial charge < -0.3 is 10.6 Å². The van der Waals surface area contributed by atoms with Crippen molar-refractivity contribution in [3.8, 4) is 0 Å². The zero-order chi connectivity index (χ0) is 9.94. The van der Waals surface area contributed by atoms with Crippen LogP contribution in [0.4, 0.5) is 0 Å². The molecular weight excluding hydrogens is 184 g/mol. The molecule has 0 fully saturated rings. The summed E-state index contributed by atoms with van der Waals surface area (Å²) in [7, 11) is 1.92. The Kier molecular flexibility index (Phi) is 9.70. The fourth-order valence-corrected chi connectivity index (χ4v) is 1.51. The Morgan fingerprint density at radius 2 is 2.15 bits per heavy atom. The molecule has 0 spiro atoms. The highest BCUT2D eigenvalue weighted by atomic mass is 32.2. The van der Waals surface area contributed by atoms with Crippen molar-refractivity contribution in [3.05, 3.63) is 0 Å². The second-order valence-corrected chi connectivity index (χ2v) is 4.15. The van der Waals surface area contributed by atoms with Crippen molar-refractivity contribution >= 4 is 17.7 Å². The zero-order valence-corrected chi connectivity index (χ0v) is 9.38. The van der Waals surface area contributed by atoms with Gasteiger partial charge in [0.15, 0.2) is 0 Å². The summed E-state index contributed by atoms with van der Waals surface area (Å²) in [5, 5.41) is 5.92. The maximum absolute atomic E-state index is 11.1. The SMILES string of the molecule is CCSCCC(=O)NCCCNC. The molecule has 1 amide bonds. The molecule has 0 bridgehead atoms. The molecule has 0 saturated heterocycles. The highest BCUT2D eigenvalue weighted by Crippen LogP contribution is 2.00. The smallest absolute Gasteiger partial charge is 0.220 e. The first-order valence-electron chi connectivity index (χ1n) is 4.80. The minimum absolute atomic E-state index is 0.178. The Morgan fingerprint density at radius 3 is 2.77 bits per heavy atom. The Balaban J connectivity index is 3.11. The van der Waals surface area contributed by atoms with E-state index in [2.05, 4.69) is 17.6 Å². The normalized spacial score (nSPS) is 10.0. The van der Waals surface area contributed by atoms with Gasteiger partial charge in [0.2, 0.25) is 5.91 Å². The molecule has 13 heavy (non-hydrogen) atoms. The van der Waals surface area contributed by atoms with E-state index in [0.717, 1.165) is 31.0 Å². The second-order valence-electron chi connectivity index (χ2n) is 2.75. The maximum atomic E-state index is 11.1. The number of hydrogen-bond acceptors (Lipinski definition) is 3. The van der Waals surface area contributed by atoms with Crippen LogP contribution >= 0.6 is 11.8 Å². The predicted octanol–water partition coefficient (Wildman–Crippen LogP) is 0.855. The van der Waals surface area contributed by atoms with Crippen molar-refractivity contribution in [1.82, 2.24) is 10.6 Å². The minimum atomic E-state index is 0.178. The first kappa shape index (κ1) is 12.8. The van der Waals surface area contributed by atoms with Crippen LogP contribution in [0.15, 0.2) is 0 Å². The van der Waals surface area contributed by atoms with Gasteiger partial charge in [0, 0.05) is 18.7 Å². The van der Waals surface area contributed by atoms with Crippen molar-refractivity contribution in [1.29, 1.82) is 0 Å². The number of carbonyl (C=O) groups is 1. The van der Waals surface area contributed by atoms with Crippen molar-refractivity contribution in [2.45, 2.75) is 19.8 Å². The lowest BCUT2D eigenvalue weighted by Crippen LogP contribution is -2.26. The lowest BCUT2D eigenvalue weighted by atomic mass is 10.4.